The number of ketones is 1. The van der Waals surface area contributed by atoms with Crippen molar-refractivity contribution in [2.24, 2.45) is 5.92 Å². The molecular formula is C22H14Cl2F4N2O4. The van der Waals surface area contributed by atoms with Gasteiger partial charge in [0.25, 0.3) is 0 Å². The fourth-order valence-corrected chi connectivity index (χ4v) is 4.23. The first-order valence-corrected chi connectivity index (χ1v) is 10.4. The molecule has 4 rings (SSSR count). The first kappa shape index (κ1) is 24.1. The van der Waals surface area contributed by atoms with E-state index >= 15 is 0 Å². The molecule has 0 aliphatic carbocycles. The van der Waals surface area contributed by atoms with Crippen LogP contribution in [0.3, 0.4) is 0 Å². The molecule has 3 atom stereocenters. The van der Waals surface area contributed by atoms with Gasteiger partial charge in [-0.3, -0.25) is 4.79 Å². The molecule has 34 heavy (non-hydrogen) atoms. The number of alkyl halides is 3. The summed E-state index contributed by atoms with van der Waals surface area (Å²) in [6.07, 6.45) is -5.45. The van der Waals surface area contributed by atoms with Gasteiger partial charge in [0.15, 0.2) is 5.78 Å². The van der Waals surface area contributed by atoms with Crippen LogP contribution >= 0.6 is 23.2 Å². The zero-order chi connectivity index (χ0) is 24.8. The molecule has 0 bridgehead atoms. The van der Waals surface area contributed by atoms with Gasteiger partial charge in [0.05, 0.1) is 5.02 Å². The molecule has 178 valence electrons. The lowest BCUT2D eigenvalue weighted by Crippen LogP contribution is -2.72. The minimum absolute atomic E-state index is 0.118. The van der Waals surface area contributed by atoms with E-state index in [0.717, 1.165) is 24.3 Å². The van der Waals surface area contributed by atoms with Crippen molar-refractivity contribution in [2.45, 2.75) is 17.9 Å². The fraction of sp³-hybridized carbons (Fsp3) is 0.182. The topological polar surface area (TPSA) is 91.6 Å². The Bertz CT molecular complexity index is 1260. The number of hydrogen-bond acceptors (Lipinski definition) is 4. The lowest BCUT2D eigenvalue weighted by Gasteiger charge is -2.44. The average Bonchev–Trinajstić information content (AvgIpc) is 3.22. The quantitative estimate of drug-likeness (QED) is 0.315. The van der Waals surface area contributed by atoms with Gasteiger partial charge in [0.2, 0.25) is 5.72 Å². The van der Waals surface area contributed by atoms with Crippen molar-refractivity contribution in [3.05, 3.63) is 81.8 Å². The number of furan rings is 1. The van der Waals surface area contributed by atoms with Gasteiger partial charge in [-0.1, -0.05) is 23.2 Å². The smallest absolute Gasteiger partial charge is 0.437 e. The second-order valence-corrected chi connectivity index (χ2v) is 8.36. The number of rotatable bonds is 4. The van der Waals surface area contributed by atoms with Crippen LogP contribution in [0.25, 0.3) is 11.3 Å². The Kier molecular flexibility index (Phi) is 6.09. The number of carbonyl (C=O) groups excluding carboxylic acids is 2. The van der Waals surface area contributed by atoms with Gasteiger partial charge in [-0.15, -0.1) is 0 Å². The molecule has 0 spiro atoms. The van der Waals surface area contributed by atoms with E-state index < -0.39 is 41.5 Å². The molecule has 6 nitrogen and oxygen atoms in total. The molecule has 1 saturated heterocycles. The van der Waals surface area contributed by atoms with E-state index in [4.69, 9.17) is 27.6 Å². The second kappa shape index (κ2) is 8.61. The number of benzene rings is 2. The molecular weight excluding hydrogens is 503 g/mol. The third kappa shape index (κ3) is 4.24. The van der Waals surface area contributed by atoms with Crippen LogP contribution in [0.1, 0.15) is 22.2 Å². The molecule has 1 fully saturated rings. The van der Waals surface area contributed by atoms with Gasteiger partial charge in [-0.25, -0.2) is 9.18 Å². The number of nitrogens with one attached hydrogen (secondary N) is 2. The summed E-state index contributed by atoms with van der Waals surface area (Å²) in [5, 5.41) is 14.7. The molecule has 2 amide bonds. The number of Topliss-reactive ketones (excluding diaryl/α,β-unsaturated/α-hetero) is 1. The van der Waals surface area contributed by atoms with Gasteiger partial charge in [0, 0.05) is 16.1 Å². The highest BCUT2D eigenvalue weighted by Crippen LogP contribution is 2.45. The molecule has 1 aliphatic heterocycles. The van der Waals surface area contributed by atoms with Gasteiger partial charge in [-0.05, 0) is 54.6 Å². The van der Waals surface area contributed by atoms with Crippen molar-refractivity contribution in [1.29, 1.82) is 0 Å². The molecule has 1 aliphatic rings. The lowest BCUT2D eigenvalue weighted by atomic mass is 9.79. The van der Waals surface area contributed by atoms with Crippen molar-refractivity contribution >= 4 is 35.0 Å². The van der Waals surface area contributed by atoms with Crippen molar-refractivity contribution in [1.82, 2.24) is 10.6 Å². The summed E-state index contributed by atoms with van der Waals surface area (Å²) >= 11 is 12.0. The minimum Gasteiger partial charge on any atom is -0.459 e. The summed E-state index contributed by atoms with van der Waals surface area (Å²) < 4.78 is 60.9. The molecule has 2 aromatic carbocycles. The summed E-state index contributed by atoms with van der Waals surface area (Å²) in [4.78, 5) is 25.3. The van der Waals surface area contributed by atoms with Crippen LogP contribution in [-0.4, -0.2) is 28.8 Å². The Morgan fingerprint density at radius 1 is 1.06 bits per heavy atom. The maximum atomic E-state index is 14.0. The van der Waals surface area contributed by atoms with Crippen LogP contribution in [0.15, 0.2) is 59.0 Å². The van der Waals surface area contributed by atoms with Gasteiger partial charge < -0.3 is 20.2 Å². The molecule has 3 aromatic rings. The Balaban J connectivity index is 1.82. The number of aliphatic hydroxyl groups is 1. The third-order valence-corrected chi connectivity index (χ3v) is 5.90. The van der Waals surface area contributed by atoms with E-state index in [-0.39, 0.29) is 22.1 Å². The molecule has 3 N–H and O–H groups in total. The van der Waals surface area contributed by atoms with E-state index in [1.54, 1.807) is 0 Å². The maximum absolute atomic E-state index is 14.0. The Morgan fingerprint density at radius 2 is 1.74 bits per heavy atom. The average molecular weight is 517 g/mol. The summed E-state index contributed by atoms with van der Waals surface area (Å²) in [6.45, 7) is 0. The van der Waals surface area contributed by atoms with E-state index in [9.17, 15) is 32.3 Å². The van der Waals surface area contributed by atoms with E-state index in [0.29, 0.717) is 10.6 Å². The number of halogens is 6. The van der Waals surface area contributed by atoms with Gasteiger partial charge in [-0.2, -0.15) is 13.2 Å². The van der Waals surface area contributed by atoms with Crippen LogP contribution in [-0.2, 0) is 0 Å². The Labute approximate surface area is 199 Å². The highest BCUT2D eigenvalue weighted by molar-refractivity contribution is 6.36. The minimum atomic E-state index is -5.45. The summed E-state index contributed by atoms with van der Waals surface area (Å²) in [5.74, 6) is -4.38. The van der Waals surface area contributed by atoms with E-state index in [2.05, 4.69) is 5.32 Å². The zero-order valence-electron chi connectivity index (χ0n) is 16.8. The van der Waals surface area contributed by atoms with Crippen LogP contribution in [0.5, 0.6) is 0 Å². The molecule has 1 aromatic heterocycles. The van der Waals surface area contributed by atoms with Crippen LogP contribution in [0, 0.1) is 11.7 Å². The zero-order valence-corrected chi connectivity index (χ0v) is 18.3. The first-order chi connectivity index (χ1) is 15.9. The number of amides is 2. The van der Waals surface area contributed by atoms with E-state index in [1.165, 1.54) is 35.6 Å². The molecule has 2 heterocycles. The monoisotopic (exact) mass is 516 g/mol. The predicted octanol–water partition coefficient (Wildman–Crippen LogP) is 5.50. The molecule has 12 heteroatoms. The molecule has 0 saturated carbocycles. The largest absolute Gasteiger partial charge is 0.459 e. The SMILES string of the molecule is O=C1N[C@H](c2ccc(-c3ccc(Cl)cc3Cl)o2)[C@@H](C(=O)c2ccc(F)cc2)[C@@](O)(C(F)(F)F)N1. The maximum Gasteiger partial charge on any atom is 0.437 e. The van der Waals surface area contributed by atoms with Crippen LogP contribution in [0.2, 0.25) is 10.0 Å². The predicted molar refractivity (Wildman–Crippen MR) is 114 cm³/mol. The van der Waals surface area contributed by atoms with Crippen molar-refractivity contribution in [3.8, 4) is 11.3 Å². The van der Waals surface area contributed by atoms with E-state index in [1.807, 2.05) is 0 Å². The number of hydrogen-bond donors (Lipinski definition) is 3. The first-order valence-electron chi connectivity index (χ1n) is 9.63. The Morgan fingerprint density at radius 3 is 2.35 bits per heavy atom. The number of carbonyl (C=O) groups is 2. The Hall–Kier alpha value is -3.08. The van der Waals surface area contributed by atoms with Crippen molar-refractivity contribution in [2.75, 3.05) is 0 Å². The van der Waals surface area contributed by atoms with Crippen LogP contribution in [0.4, 0.5) is 22.4 Å². The lowest BCUT2D eigenvalue weighted by molar-refractivity contribution is -0.288. The summed E-state index contributed by atoms with van der Waals surface area (Å²) in [5.41, 5.74) is -3.91. The standard InChI is InChI=1S/C22H14Cl2F4N2O4/c23-11-3-6-13(14(24)9-11)15-7-8-16(34-15)18-17(19(31)10-1-4-12(25)5-2-10)21(33,22(26,27)28)30-20(32)29-18/h1-9,17-18,33H,(H2,29,30,32)/t17-,18+,21+/m0/s1. The van der Waals surface area contributed by atoms with Crippen LogP contribution < -0.4 is 10.6 Å². The molecule has 0 radical (unpaired) electrons. The van der Waals surface area contributed by atoms with Gasteiger partial charge >= 0.3 is 12.2 Å². The van der Waals surface area contributed by atoms with Crippen molar-refractivity contribution < 1.29 is 36.7 Å². The second-order valence-electron chi connectivity index (χ2n) is 7.52. The normalized spacial score (nSPS) is 22.7. The highest BCUT2D eigenvalue weighted by atomic mass is 35.5. The summed E-state index contributed by atoms with van der Waals surface area (Å²) in [7, 11) is 0. The summed E-state index contributed by atoms with van der Waals surface area (Å²) in [6, 6.07) is 7.69. The highest BCUT2D eigenvalue weighted by Gasteiger charge is 2.66. The van der Waals surface area contributed by atoms with Gasteiger partial charge in [0.1, 0.15) is 29.3 Å². The molecule has 0 unspecified atom stereocenters. The fourth-order valence-electron chi connectivity index (χ4n) is 3.72. The van der Waals surface area contributed by atoms with Crippen molar-refractivity contribution in [3.63, 3.8) is 0 Å². The third-order valence-electron chi connectivity index (χ3n) is 5.35. The number of urea groups is 1.